The van der Waals surface area contributed by atoms with Gasteiger partial charge in [-0.15, -0.1) is 0 Å². The second kappa shape index (κ2) is 9.35. The van der Waals surface area contributed by atoms with Crippen LogP contribution in [0.25, 0.3) is 0 Å². The van der Waals surface area contributed by atoms with E-state index in [0.29, 0.717) is 35.0 Å². The minimum absolute atomic E-state index is 0.186. The van der Waals surface area contributed by atoms with E-state index < -0.39 is 21.8 Å². The fourth-order valence-corrected chi connectivity index (χ4v) is 4.46. The molecule has 0 amide bonds. The van der Waals surface area contributed by atoms with Crippen LogP contribution in [0.15, 0.2) is 78.9 Å². The van der Waals surface area contributed by atoms with E-state index in [9.17, 15) is 10.1 Å². The van der Waals surface area contributed by atoms with E-state index in [1.54, 1.807) is 48.5 Å². The summed E-state index contributed by atoms with van der Waals surface area (Å²) in [6, 6.07) is 25.1. The number of nitrogens with zero attached hydrogens (tertiary/aromatic N) is 1. The molecule has 0 saturated heterocycles. The quantitative estimate of drug-likeness (QED) is 0.271. The monoisotopic (exact) mass is 481 g/mol. The number of rotatable bonds is 8. The number of ether oxygens (including phenoxy) is 3. The zero-order chi connectivity index (χ0) is 23.5. The maximum absolute atomic E-state index is 13.3. The second-order valence-corrected chi connectivity index (χ2v) is 9.13. The summed E-state index contributed by atoms with van der Waals surface area (Å²) in [7, 11) is 0. The number of nitriles is 1. The molecule has 3 aromatic carbocycles. The fourth-order valence-electron chi connectivity index (χ4n) is 3.69. The average molecular weight is 482 g/mol. The van der Waals surface area contributed by atoms with Crippen molar-refractivity contribution in [3.63, 3.8) is 0 Å². The van der Waals surface area contributed by atoms with Crippen molar-refractivity contribution in [1.82, 2.24) is 0 Å². The van der Waals surface area contributed by atoms with Crippen LogP contribution in [0.3, 0.4) is 0 Å². The lowest BCUT2D eigenvalue weighted by Gasteiger charge is -2.20. The number of alkyl halides is 2. The molecule has 0 unspecified atom stereocenters. The molecule has 0 spiro atoms. The van der Waals surface area contributed by atoms with E-state index in [-0.39, 0.29) is 6.42 Å². The molecule has 0 radical (unpaired) electrons. The Morgan fingerprint density at radius 2 is 1.67 bits per heavy atom. The highest BCUT2D eigenvalue weighted by Crippen LogP contribution is 2.65. The number of hydrogen-bond acceptors (Lipinski definition) is 5. The molecule has 1 aliphatic carbocycles. The summed E-state index contributed by atoms with van der Waals surface area (Å²) in [6.07, 6.45) is -0.966. The normalized spacial score (nSPS) is 19.1. The molecule has 0 aliphatic heterocycles. The van der Waals surface area contributed by atoms with Crippen LogP contribution in [0.1, 0.15) is 30.6 Å². The molecule has 33 heavy (non-hydrogen) atoms. The summed E-state index contributed by atoms with van der Waals surface area (Å²) < 4.78 is 15.6. The summed E-state index contributed by atoms with van der Waals surface area (Å²) in [6.45, 7) is 2.41. The molecule has 1 aliphatic rings. The Balaban J connectivity index is 1.55. The predicted octanol–water partition coefficient (Wildman–Crippen LogP) is 6.50. The first kappa shape index (κ1) is 23.0. The summed E-state index contributed by atoms with van der Waals surface area (Å²) in [5, 5.41) is 9.74. The molecule has 0 heterocycles. The number of para-hydroxylation sites is 1. The van der Waals surface area contributed by atoms with Gasteiger partial charge < -0.3 is 14.2 Å². The molecule has 2 atom stereocenters. The molecule has 5 nitrogen and oxygen atoms in total. The topological polar surface area (TPSA) is 68.5 Å². The molecule has 7 heteroatoms. The van der Waals surface area contributed by atoms with Gasteiger partial charge in [0.1, 0.15) is 33.1 Å². The molecular weight excluding hydrogens is 461 g/mol. The van der Waals surface area contributed by atoms with E-state index in [1.165, 1.54) is 0 Å². The van der Waals surface area contributed by atoms with Crippen LogP contribution in [-0.4, -0.2) is 16.9 Å². The molecule has 0 N–H and O–H groups in total. The molecule has 0 bridgehead atoms. The van der Waals surface area contributed by atoms with Gasteiger partial charge in [0.15, 0.2) is 0 Å². The van der Waals surface area contributed by atoms with Gasteiger partial charge in [-0.3, -0.25) is 4.79 Å². The van der Waals surface area contributed by atoms with Crippen LogP contribution in [0.5, 0.6) is 17.2 Å². The Morgan fingerprint density at radius 1 is 1.00 bits per heavy atom. The number of benzene rings is 3. The Kier molecular flexibility index (Phi) is 6.51. The summed E-state index contributed by atoms with van der Waals surface area (Å²) in [4.78, 5) is 13.3. The first-order valence-corrected chi connectivity index (χ1v) is 11.2. The number of halogens is 2. The molecule has 1 saturated carbocycles. The Labute approximate surface area is 202 Å². The highest BCUT2D eigenvalue weighted by molar-refractivity contribution is 6.54. The van der Waals surface area contributed by atoms with E-state index in [4.69, 9.17) is 37.4 Å². The van der Waals surface area contributed by atoms with Gasteiger partial charge in [-0.2, -0.15) is 5.26 Å². The Bertz CT molecular complexity index is 1170. The Hall–Kier alpha value is -3.20. The van der Waals surface area contributed by atoms with Crippen LogP contribution >= 0.6 is 23.2 Å². The van der Waals surface area contributed by atoms with E-state index >= 15 is 0 Å². The van der Waals surface area contributed by atoms with Crippen molar-refractivity contribution in [3.8, 4) is 23.3 Å². The van der Waals surface area contributed by atoms with Crippen molar-refractivity contribution in [3.05, 3.63) is 90.0 Å². The third kappa shape index (κ3) is 4.64. The number of carbonyl (C=O) groups is 1. The smallest absolute Gasteiger partial charge is 0.321 e. The predicted molar refractivity (Wildman–Crippen MR) is 126 cm³/mol. The van der Waals surface area contributed by atoms with Gasteiger partial charge in [0, 0.05) is 12.0 Å². The average Bonchev–Trinajstić information content (AvgIpc) is 3.42. The minimum Gasteiger partial charge on any atom is -0.494 e. The van der Waals surface area contributed by atoms with Crippen molar-refractivity contribution in [2.45, 2.75) is 29.2 Å². The van der Waals surface area contributed by atoms with E-state index in [1.807, 2.05) is 43.3 Å². The first-order chi connectivity index (χ1) is 15.9. The van der Waals surface area contributed by atoms with Gasteiger partial charge in [0.05, 0.1) is 6.61 Å². The molecule has 168 valence electrons. The highest BCUT2D eigenvalue weighted by Gasteiger charge is 2.73. The van der Waals surface area contributed by atoms with Gasteiger partial charge in [0.2, 0.25) is 6.10 Å². The Morgan fingerprint density at radius 3 is 2.27 bits per heavy atom. The standard InChI is InChI=1S/C26H21Cl2NO4/c1-2-31-20-13-11-19(12-14-20)25(17-26(25,27)28)24(30)33-23(16-29)18-7-6-10-22(15-18)32-21-8-4-3-5-9-21/h3-15,23H,2,17H2,1H3/t23-,25-/m0/s1. The van der Waals surface area contributed by atoms with Crippen molar-refractivity contribution < 1.29 is 19.0 Å². The third-order valence-electron chi connectivity index (χ3n) is 5.48. The lowest BCUT2D eigenvalue weighted by Crippen LogP contribution is -2.30. The zero-order valence-corrected chi connectivity index (χ0v) is 19.3. The van der Waals surface area contributed by atoms with Crippen molar-refractivity contribution in [1.29, 1.82) is 5.26 Å². The molecule has 3 aromatic rings. The van der Waals surface area contributed by atoms with E-state index in [0.717, 1.165) is 0 Å². The van der Waals surface area contributed by atoms with Crippen molar-refractivity contribution >= 4 is 29.2 Å². The van der Waals surface area contributed by atoms with Crippen LogP contribution in [0.2, 0.25) is 0 Å². The molecule has 1 fully saturated rings. The second-order valence-electron chi connectivity index (χ2n) is 7.65. The van der Waals surface area contributed by atoms with Crippen molar-refractivity contribution in [2.24, 2.45) is 0 Å². The van der Waals surface area contributed by atoms with Crippen LogP contribution in [0, 0.1) is 11.3 Å². The zero-order valence-electron chi connectivity index (χ0n) is 17.8. The third-order valence-corrected chi connectivity index (χ3v) is 6.39. The molecule has 0 aromatic heterocycles. The number of hydrogen-bond donors (Lipinski definition) is 0. The maximum Gasteiger partial charge on any atom is 0.321 e. The van der Waals surface area contributed by atoms with E-state index in [2.05, 4.69) is 0 Å². The first-order valence-electron chi connectivity index (χ1n) is 10.4. The van der Waals surface area contributed by atoms with Gasteiger partial charge >= 0.3 is 5.97 Å². The SMILES string of the molecule is CCOc1ccc([C@]2(C(=O)O[C@@H](C#N)c3cccc(Oc4ccccc4)c3)CC2(Cl)Cl)cc1. The minimum atomic E-state index is -1.32. The van der Waals surface area contributed by atoms with Crippen LogP contribution in [-0.2, 0) is 14.9 Å². The highest BCUT2D eigenvalue weighted by atomic mass is 35.5. The summed E-state index contributed by atoms with van der Waals surface area (Å²) >= 11 is 12.8. The lowest BCUT2D eigenvalue weighted by atomic mass is 9.95. The van der Waals surface area contributed by atoms with Gasteiger partial charge in [-0.1, -0.05) is 65.7 Å². The molecule has 4 rings (SSSR count). The maximum atomic E-state index is 13.3. The summed E-state index contributed by atoms with van der Waals surface area (Å²) in [5.74, 6) is 1.19. The van der Waals surface area contributed by atoms with Crippen molar-refractivity contribution in [2.75, 3.05) is 6.61 Å². The number of carbonyl (C=O) groups excluding carboxylic acids is 1. The fraction of sp³-hybridized carbons (Fsp3) is 0.231. The van der Waals surface area contributed by atoms with Gasteiger partial charge in [-0.25, -0.2) is 0 Å². The largest absolute Gasteiger partial charge is 0.494 e. The number of esters is 1. The lowest BCUT2D eigenvalue weighted by molar-refractivity contribution is -0.150. The van der Waals surface area contributed by atoms with Gasteiger partial charge in [0.25, 0.3) is 0 Å². The molecular formula is C26H21Cl2NO4. The van der Waals surface area contributed by atoms with Gasteiger partial charge in [-0.05, 0) is 48.9 Å². The van der Waals surface area contributed by atoms with Crippen LogP contribution in [0.4, 0.5) is 0 Å². The van der Waals surface area contributed by atoms with Crippen LogP contribution < -0.4 is 9.47 Å². The summed E-state index contributed by atoms with van der Waals surface area (Å²) in [5.41, 5.74) is -0.163.